The Balaban J connectivity index is 1.53. The van der Waals surface area contributed by atoms with E-state index in [2.05, 4.69) is 15.6 Å². The van der Waals surface area contributed by atoms with Crippen LogP contribution in [0.2, 0.25) is 0 Å². The predicted octanol–water partition coefficient (Wildman–Crippen LogP) is 3.01. The van der Waals surface area contributed by atoms with Gasteiger partial charge in [0.05, 0.1) is 12.1 Å². The van der Waals surface area contributed by atoms with Crippen LogP contribution >= 0.6 is 0 Å². The molecule has 0 aliphatic carbocycles. The highest BCUT2D eigenvalue weighted by Crippen LogP contribution is 2.21. The maximum atomic E-state index is 12.3. The van der Waals surface area contributed by atoms with Crippen LogP contribution in [0, 0.1) is 6.92 Å². The third-order valence-electron chi connectivity index (χ3n) is 4.32. The van der Waals surface area contributed by atoms with E-state index in [1.54, 1.807) is 13.8 Å². The second kappa shape index (κ2) is 8.99. The standard InChI is InChI=1S/C22H23N3O3/c1-15(21(27)23-14-17-9-5-3-6-10-17)24-20(26)13-19-16(2)28-22(25-19)18-11-7-4-8-12-18/h3-12,15H,13-14H2,1-2H3,(H,23,27)(H,24,26). The Morgan fingerprint density at radius 1 is 1.04 bits per heavy atom. The average Bonchev–Trinajstić information content (AvgIpc) is 3.07. The second-order valence-electron chi connectivity index (χ2n) is 6.56. The van der Waals surface area contributed by atoms with Gasteiger partial charge in [-0.1, -0.05) is 48.5 Å². The number of benzene rings is 2. The fourth-order valence-electron chi connectivity index (χ4n) is 2.74. The van der Waals surface area contributed by atoms with E-state index < -0.39 is 6.04 Å². The summed E-state index contributed by atoms with van der Waals surface area (Å²) in [6.07, 6.45) is 0.0540. The molecule has 144 valence electrons. The molecular weight excluding hydrogens is 354 g/mol. The van der Waals surface area contributed by atoms with Crippen molar-refractivity contribution in [3.63, 3.8) is 0 Å². The second-order valence-corrected chi connectivity index (χ2v) is 6.56. The minimum atomic E-state index is -0.642. The molecule has 2 aromatic carbocycles. The van der Waals surface area contributed by atoms with E-state index in [1.807, 2.05) is 60.7 Å². The molecule has 0 radical (unpaired) electrons. The van der Waals surface area contributed by atoms with Crippen molar-refractivity contribution in [3.05, 3.63) is 77.7 Å². The molecule has 3 rings (SSSR count). The molecular formula is C22H23N3O3. The third kappa shape index (κ3) is 5.07. The van der Waals surface area contributed by atoms with E-state index in [9.17, 15) is 9.59 Å². The van der Waals surface area contributed by atoms with Crippen LogP contribution in [-0.4, -0.2) is 22.8 Å². The first-order valence-corrected chi connectivity index (χ1v) is 9.15. The van der Waals surface area contributed by atoms with E-state index in [0.29, 0.717) is 23.9 Å². The molecule has 0 fully saturated rings. The topological polar surface area (TPSA) is 84.2 Å². The van der Waals surface area contributed by atoms with Gasteiger partial charge in [0.2, 0.25) is 17.7 Å². The van der Waals surface area contributed by atoms with Crippen LogP contribution in [0.3, 0.4) is 0 Å². The number of nitrogens with zero attached hydrogens (tertiary/aromatic N) is 1. The molecule has 1 unspecified atom stereocenters. The van der Waals surface area contributed by atoms with Gasteiger partial charge < -0.3 is 15.1 Å². The first-order chi connectivity index (χ1) is 13.5. The molecule has 0 aliphatic rings. The van der Waals surface area contributed by atoms with Crippen LogP contribution in [0.1, 0.15) is 23.9 Å². The zero-order chi connectivity index (χ0) is 19.9. The minimum Gasteiger partial charge on any atom is -0.441 e. The lowest BCUT2D eigenvalue weighted by Gasteiger charge is -2.14. The number of carbonyl (C=O) groups excluding carboxylic acids is 2. The van der Waals surface area contributed by atoms with Gasteiger partial charge in [0.15, 0.2) is 0 Å². The monoisotopic (exact) mass is 377 g/mol. The lowest BCUT2D eigenvalue weighted by molar-refractivity contribution is -0.128. The maximum Gasteiger partial charge on any atom is 0.242 e. The number of rotatable bonds is 7. The van der Waals surface area contributed by atoms with Crippen LogP contribution in [0.5, 0.6) is 0 Å². The molecule has 6 heteroatoms. The molecule has 0 saturated heterocycles. The van der Waals surface area contributed by atoms with Crippen molar-refractivity contribution in [3.8, 4) is 11.5 Å². The fourth-order valence-corrected chi connectivity index (χ4v) is 2.74. The number of aryl methyl sites for hydroxylation is 1. The summed E-state index contributed by atoms with van der Waals surface area (Å²) in [5.74, 6) is 0.558. The minimum absolute atomic E-state index is 0.0540. The molecule has 0 saturated carbocycles. The number of aromatic nitrogens is 1. The van der Waals surface area contributed by atoms with Crippen molar-refractivity contribution in [1.29, 1.82) is 0 Å². The first-order valence-electron chi connectivity index (χ1n) is 9.15. The Hall–Kier alpha value is -3.41. The average molecular weight is 377 g/mol. The van der Waals surface area contributed by atoms with Crippen LogP contribution in [-0.2, 0) is 22.6 Å². The van der Waals surface area contributed by atoms with Gasteiger partial charge in [-0.2, -0.15) is 0 Å². The molecule has 2 amide bonds. The highest BCUT2D eigenvalue weighted by atomic mass is 16.4. The molecule has 1 aromatic heterocycles. The van der Waals surface area contributed by atoms with E-state index in [4.69, 9.17) is 4.42 Å². The number of hydrogen-bond acceptors (Lipinski definition) is 4. The predicted molar refractivity (Wildman–Crippen MR) is 106 cm³/mol. The number of oxazole rings is 1. The van der Waals surface area contributed by atoms with Gasteiger partial charge in [-0.25, -0.2) is 4.98 Å². The van der Waals surface area contributed by atoms with Crippen molar-refractivity contribution < 1.29 is 14.0 Å². The van der Waals surface area contributed by atoms with Crippen molar-refractivity contribution in [2.45, 2.75) is 32.9 Å². The third-order valence-corrected chi connectivity index (χ3v) is 4.32. The maximum absolute atomic E-state index is 12.3. The Morgan fingerprint density at radius 3 is 2.36 bits per heavy atom. The summed E-state index contributed by atoms with van der Waals surface area (Å²) in [5, 5.41) is 5.53. The Kier molecular flexibility index (Phi) is 6.22. The Labute approximate surface area is 164 Å². The van der Waals surface area contributed by atoms with Crippen molar-refractivity contribution in [2.75, 3.05) is 0 Å². The van der Waals surface area contributed by atoms with E-state index in [0.717, 1.165) is 11.1 Å². The molecule has 28 heavy (non-hydrogen) atoms. The van der Waals surface area contributed by atoms with Gasteiger partial charge >= 0.3 is 0 Å². The van der Waals surface area contributed by atoms with E-state index in [-0.39, 0.29) is 18.2 Å². The summed E-state index contributed by atoms with van der Waals surface area (Å²) < 4.78 is 5.67. The Bertz CT molecular complexity index is 936. The molecule has 0 spiro atoms. The number of hydrogen-bond donors (Lipinski definition) is 2. The largest absolute Gasteiger partial charge is 0.441 e. The van der Waals surface area contributed by atoms with Crippen LogP contribution in [0.4, 0.5) is 0 Å². The SMILES string of the molecule is Cc1oc(-c2ccccc2)nc1CC(=O)NC(C)C(=O)NCc1ccccc1. The summed E-state index contributed by atoms with van der Waals surface area (Å²) in [4.78, 5) is 28.9. The highest BCUT2D eigenvalue weighted by molar-refractivity contribution is 5.88. The molecule has 1 atom stereocenters. The fraction of sp³-hybridized carbons (Fsp3) is 0.227. The van der Waals surface area contributed by atoms with Gasteiger partial charge in [0.1, 0.15) is 11.8 Å². The smallest absolute Gasteiger partial charge is 0.242 e. The van der Waals surface area contributed by atoms with Crippen LogP contribution < -0.4 is 10.6 Å². The van der Waals surface area contributed by atoms with Gasteiger partial charge in [0, 0.05) is 12.1 Å². The Morgan fingerprint density at radius 2 is 1.68 bits per heavy atom. The van der Waals surface area contributed by atoms with Gasteiger partial charge in [0.25, 0.3) is 0 Å². The van der Waals surface area contributed by atoms with Crippen molar-refractivity contribution in [1.82, 2.24) is 15.6 Å². The van der Waals surface area contributed by atoms with Gasteiger partial charge in [-0.15, -0.1) is 0 Å². The van der Waals surface area contributed by atoms with Gasteiger partial charge in [-0.05, 0) is 31.5 Å². The molecule has 0 aliphatic heterocycles. The quantitative estimate of drug-likeness (QED) is 0.663. The summed E-state index contributed by atoms with van der Waals surface area (Å²) in [5.41, 5.74) is 2.42. The van der Waals surface area contributed by atoms with Crippen molar-refractivity contribution in [2.24, 2.45) is 0 Å². The zero-order valence-electron chi connectivity index (χ0n) is 15.9. The number of amides is 2. The van der Waals surface area contributed by atoms with Crippen LogP contribution in [0.15, 0.2) is 65.1 Å². The van der Waals surface area contributed by atoms with E-state index >= 15 is 0 Å². The highest BCUT2D eigenvalue weighted by Gasteiger charge is 2.19. The molecule has 2 N–H and O–H groups in total. The number of nitrogens with one attached hydrogen (secondary N) is 2. The van der Waals surface area contributed by atoms with Crippen LogP contribution in [0.25, 0.3) is 11.5 Å². The normalized spacial score (nSPS) is 11.6. The lowest BCUT2D eigenvalue weighted by Crippen LogP contribution is -2.45. The summed E-state index contributed by atoms with van der Waals surface area (Å²) in [7, 11) is 0. The lowest BCUT2D eigenvalue weighted by atomic mass is 10.2. The molecule has 1 heterocycles. The number of carbonyl (C=O) groups is 2. The molecule has 0 bridgehead atoms. The van der Waals surface area contributed by atoms with Crippen molar-refractivity contribution >= 4 is 11.8 Å². The summed E-state index contributed by atoms with van der Waals surface area (Å²) >= 11 is 0. The van der Waals surface area contributed by atoms with Gasteiger partial charge in [-0.3, -0.25) is 9.59 Å². The molecule has 3 aromatic rings. The summed E-state index contributed by atoms with van der Waals surface area (Å²) in [6.45, 7) is 3.85. The zero-order valence-corrected chi connectivity index (χ0v) is 15.9. The molecule has 6 nitrogen and oxygen atoms in total. The summed E-state index contributed by atoms with van der Waals surface area (Å²) in [6, 6.07) is 18.5. The van der Waals surface area contributed by atoms with E-state index in [1.165, 1.54) is 0 Å². The first kappa shape index (κ1) is 19.4.